The number of benzene rings is 10. The van der Waals surface area contributed by atoms with Gasteiger partial charge in [-0.2, -0.15) is 0 Å². The summed E-state index contributed by atoms with van der Waals surface area (Å²) in [6.07, 6.45) is 2.56. The number of rotatable bonds is 8. The predicted molar refractivity (Wildman–Crippen MR) is 505 cm³/mol. The van der Waals surface area contributed by atoms with Crippen molar-refractivity contribution >= 4 is 181 Å². The van der Waals surface area contributed by atoms with E-state index in [0.717, 1.165) is 189 Å². The van der Waals surface area contributed by atoms with E-state index >= 15 is 17.6 Å². The number of ether oxygens (including phenoxy) is 1. The van der Waals surface area contributed by atoms with E-state index in [1.807, 2.05) is 0 Å². The Balaban J connectivity index is 0.000000139. The molecule has 0 amide bonds. The van der Waals surface area contributed by atoms with Crippen molar-refractivity contribution < 1.29 is 22.3 Å². The molecule has 5 aliphatic rings. The van der Waals surface area contributed by atoms with Crippen molar-refractivity contribution in [2.24, 2.45) is 4.30 Å². The Labute approximate surface area is 738 Å². The van der Waals surface area contributed by atoms with Crippen LogP contribution in [0.4, 0.5) is 17.6 Å². The first-order valence-corrected chi connectivity index (χ1v) is 47.6. The van der Waals surface area contributed by atoms with Gasteiger partial charge in [0.25, 0.3) is 0 Å². The summed E-state index contributed by atoms with van der Waals surface area (Å²) in [4.78, 5) is 3.25. The molecular weight excluding hydrogens is 1770 g/mol. The van der Waals surface area contributed by atoms with Gasteiger partial charge in [-0.1, -0.05) is 239 Å². The number of halogens is 6. The Bertz CT molecular complexity index is 6470. The Morgan fingerprint density at radius 2 is 0.508 bits per heavy atom. The van der Waals surface area contributed by atoms with Crippen LogP contribution < -0.4 is 0 Å². The first kappa shape index (κ1) is 78.2. The molecule has 1 aliphatic heterocycles. The van der Waals surface area contributed by atoms with Gasteiger partial charge in [0.1, 0.15) is 23.3 Å². The Morgan fingerprint density at radius 1 is 0.305 bits per heavy atom. The molecule has 118 heavy (non-hydrogen) atoms. The molecule has 0 unspecified atom stereocenters. The van der Waals surface area contributed by atoms with E-state index in [4.69, 9.17) is 4.74 Å². The second kappa shape index (κ2) is 29.8. The second-order valence-electron chi connectivity index (χ2n) is 31.6. The van der Waals surface area contributed by atoms with Crippen molar-refractivity contribution in [1.29, 1.82) is 0 Å². The fraction of sp³-hybridized carbons (Fsp3) is 0.160. The van der Waals surface area contributed by atoms with Crippen molar-refractivity contribution in [3.05, 3.63) is 394 Å². The van der Waals surface area contributed by atoms with Gasteiger partial charge in [0.05, 0.1) is 48.0 Å². The molecule has 8 aromatic heterocycles. The number of thiol groups is 1. The summed E-state index contributed by atoms with van der Waals surface area (Å²) in [5.74, 6) is -1.35. The molecule has 23 rings (SSSR count). The van der Waals surface area contributed by atoms with E-state index in [1.165, 1.54) is 12.8 Å². The molecule has 581 valence electrons. The van der Waals surface area contributed by atoms with E-state index in [-0.39, 0.29) is 23.3 Å². The summed E-state index contributed by atoms with van der Waals surface area (Å²) in [7, 11) is 4.34. The number of thiophene rings is 8. The average molecular weight is 1840 g/mol. The Hall–Kier alpha value is -8.31. The van der Waals surface area contributed by atoms with Gasteiger partial charge in [0.2, 0.25) is 0 Å². The normalized spacial score (nSPS) is 14.9. The molecule has 10 aromatic carbocycles. The fourth-order valence-electron chi connectivity index (χ4n) is 19.5. The number of nitrogens with zero attached hydrogens (tertiary/aromatic N) is 1. The van der Waals surface area contributed by atoms with Gasteiger partial charge in [0.15, 0.2) is 0 Å². The molecule has 0 spiro atoms. The predicted octanol–water partition coefficient (Wildman–Crippen LogP) is 31.5. The Kier molecular flexibility index (Phi) is 19.8. The van der Waals surface area contributed by atoms with Crippen LogP contribution in [0.1, 0.15) is 146 Å². The van der Waals surface area contributed by atoms with Gasteiger partial charge in [-0.05, 0) is 180 Å². The minimum absolute atomic E-state index is 0.327. The molecule has 1 radical (unpaired) electrons. The summed E-state index contributed by atoms with van der Waals surface area (Å²) in [6.45, 7) is 18.6. The molecule has 0 atom stereocenters. The molecule has 18 heteroatoms. The molecule has 4 aliphatic carbocycles. The second-order valence-corrected chi connectivity index (χ2v) is 42.7. The van der Waals surface area contributed by atoms with Gasteiger partial charge in [-0.25, -0.2) is 17.6 Å². The molecule has 1 fully saturated rings. The van der Waals surface area contributed by atoms with Crippen LogP contribution in [0.3, 0.4) is 0 Å². The van der Waals surface area contributed by atoms with E-state index in [1.54, 1.807) is 90.7 Å². The van der Waals surface area contributed by atoms with Gasteiger partial charge in [-0.3, -0.25) is 0 Å². The fourth-order valence-corrected chi connectivity index (χ4v) is 31.3. The molecule has 0 bridgehead atoms. The summed E-state index contributed by atoms with van der Waals surface area (Å²) in [5, 5.41) is 4.22. The zero-order valence-electron chi connectivity index (χ0n) is 65.2. The van der Waals surface area contributed by atoms with E-state index in [0.29, 0.717) is 44.5 Å². The van der Waals surface area contributed by atoms with Crippen molar-refractivity contribution in [2.75, 3.05) is 13.2 Å². The molecule has 18 aromatic rings. The van der Waals surface area contributed by atoms with Crippen LogP contribution >= 0.6 is 135 Å². The van der Waals surface area contributed by atoms with Crippen LogP contribution in [0.15, 0.2) is 241 Å². The van der Waals surface area contributed by atoms with Crippen LogP contribution in [0.5, 0.6) is 0 Å². The van der Waals surface area contributed by atoms with Gasteiger partial charge >= 0.3 is 24.8 Å². The third kappa shape index (κ3) is 11.3. The SMILES string of the molecule is C1CCOC1.Cc1ccc(C2(c3ccc(C)cc3)c3c(F)c4c(c(F)c3-c3sc5cc(Br)sc5c32)C(c2ccc(C)cc2)(c2ccc(C)cc2)c2c-4sc3cc(Br)sc23)cc1.Cc1ccc(C2(c3ccc(C)cc3)c3c(F)c4c(c(F)c3-c3sc5ccsc5c32)C(c2ccc(C)cc2)(c2ccc(C)cc2)c2c-4sc3ccsc23)cc1.[B]=NS. The van der Waals surface area contributed by atoms with Gasteiger partial charge in [0, 0.05) is 118 Å². The number of hydrogen-bond acceptors (Lipinski definition) is 11. The molecule has 0 N–H and O–H groups in total. The number of fused-ring (bicyclic) bond motifs is 20. The number of aryl methyl sites for hydroxylation is 8. The zero-order valence-corrected chi connectivity index (χ0v) is 75.8. The summed E-state index contributed by atoms with van der Waals surface area (Å²) in [5.41, 5.74) is 19.1. The summed E-state index contributed by atoms with van der Waals surface area (Å²) < 4.78 is 95.0. The topological polar surface area (TPSA) is 21.6 Å². The van der Waals surface area contributed by atoms with Crippen LogP contribution in [-0.2, 0) is 26.4 Å². The molecule has 0 saturated carbocycles. The first-order chi connectivity index (χ1) is 57.2. The quantitative estimate of drug-likeness (QED) is 0.0914. The Morgan fingerprint density at radius 3 is 0.712 bits per heavy atom. The van der Waals surface area contributed by atoms with Crippen LogP contribution in [0.2, 0.25) is 0 Å². The first-order valence-electron chi connectivity index (χ1n) is 39.0. The average Bonchev–Trinajstić information content (AvgIpc) is 1.48. The van der Waals surface area contributed by atoms with E-state index in [2.05, 4.69) is 341 Å². The zero-order chi connectivity index (χ0) is 81.3. The van der Waals surface area contributed by atoms with E-state index < -0.39 is 21.7 Å². The van der Waals surface area contributed by atoms with Crippen LogP contribution in [-0.4, -0.2) is 20.9 Å². The third-order valence-corrected chi connectivity index (χ3v) is 35.0. The summed E-state index contributed by atoms with van der Waals surface area (Å²) in [6, 6.07) is 76.2. The summed E-state index contributed by atoms with van der Waals surface area (Å²) >= 11 is 23.7. The molecule has 9 heterocycles. The van der Waals surface area contributed by atoms with Crippen molar-refractivity contribution in [3.63, 3.8) is 0 Å². The monoisotopic (exact) mass is 1830 g/mol. The molecule has 2 nitrogen and oxygen atoms in total. The van der Waals surface area contributed by atoms with Crippen LogP contribution in [0.25, 0.3) is 79.4 Å². The van der Waals surface area contributed by atoms with Gasteiger partial charge in [-0.15, -0.1) is 90.7 Å². The van der Waals surface area contributed by atoms with Crippen molar-refractivity contribution in [2.45, 2.75) is 89.9 Å². The van der Waals surface area contributed by atoms with Crippen molar-refractivity contribution in [1.82, 2.24) is 0 Å². The maximum absolute atomic E-state index is 19.3. The standard InChI is InChI=1S/C48H30Br2F2S4.C48H32F2S4.C4H8O.BHNS/c1-23-5-13-27(14-6-23)47(28-15-7-24(2)8-16-28)37-35(45-39(47)43-31(53-45)21-33(49)55-43)42(52)38-36(41(37)51)46-40(44-32(54-46)22-34(50)56-44)48(38,29-17-9-25(3)10-18-29)30-19-11-26(4)12-20-30;1-25-5-13-29(14-6-25)47(30-15-7-26(2)8-16-30)37-35(45-39(47)43-33(53-45)21-23-51-43)42(50)38-36(41(37)49)46-40(44-34(54-46)22-24-52-44)48(38,31-17-9-27(3)10-18-31)32-19-11-28(4)12-20-32;1-2-4-5-3-1;1-2-3/h5-22H,1-4H3;5-24H,1-4H3;1-4H2;3H. The van der Waals surface area contributed by atoms with Crippen LogP contribution in [0, 0.1) is 78.7 Å². The van der Waals surface area contributed by atoms with Gasteiger partial charge < -0.3 is 4.74 Å². The molecular formula is C100H71BBr2F4NOS9. The van der Waals surface area contributed by atoms with E-state index in [9.17, 15) is 0 Å². The number of hydrogen-bond donors (Lipinski definition) is 1. The third-order valence-electron chi connectivity index (χ3n) is 24.6. The maximum atomic E-state index is 19.3. The molecule has 1 saturated heterocycles. The minimum atomic E-state index is -1.12. The van der Waals surface area contributed by atoms with Crippen molar-refractivity contribution in [3.8, 4) is 41.8 Å².